The van der Waals surface area contributed by atoms with E-state index in [-0.39, 0.29) is 17.1 Å². The predicted octanol–water partition coefficient (Wildman–Crippen LogP) is 5.61. The average molecular weight is 442 g/mol. The van der Waals surface area contributed by atoms with Crippen molar-refractivity contribution < 1.29 is 9.21 Å². The SMILES string of the molecule is CSc1ccc([C@@H]2c3c(oc4ccc(C)cc4c3=O)C(=O)N2CCc2ccccc2)cc1. The van der Waals surface area contributed by atoms with E-state index in [1.165, 1.54) is 0 Å². The molecular weight excluding hydrogens is 418 g/mol. The number of fused-ring (bicyclic) bond motifs is 2. The molecule has 0 N–H and O–H groups in total. The number of hydrogen-bond acceptors (Lipinski definition) is 4. The van der Waals surface area contributed by atoms with Crippen LogP contribution in [0.25, 0.3) is 11.0 Å². The van der Waals surface area contributed by atoms with Gasteiger partial charge in [-0.15, -0.1) is 11.8 Å². The summed E-state index contributed by atoms with van der Waals surface area (Å²) in [7, 11) is 0. The second kappa shape index (κ2) is 8.32. The van der Waals surface area contributed by atoms with Crippen molar-refractivity contribution in [1.29, 1.82) is 0 Å². The van der Waals surface area contributed by atoms with Crippen LogP contribution in [0.2, 0.25) is 0 Å². The van der Waals surface area contributed by atoms with Gasteiger partial charge < -0.3 is 9.32 Å². The zero-order chi connectivity index (χ0) is 22.2. The summed E-state index contributed by atoms with van der Waals surface area (Å²) < 4.78 is 6.04. The van der Waals surface area contributed by atoms with Gasteiger partial charge in [0.2, 0.25) is 5.76 Å². The Morgan fingerprint density at radius 3 is 2.44 bits per heavy atom. The van der Waals surface area contributed by atoms with Crippen LogP contribution in [0.5, 0.6) is 0 Å². The lowest BCUT2D eigenvalue weighted by molar-refractivity contribution is 0.0730. The van der Waals surface area contributed by atoms with Crippen LogP contribution in [0.15, 0.2) is 86.9 Å². The average Bonchev–Trinajstić information content (AvgIpc) is 3.10. The summed E-state index contributed by atoms with van der Waals surface area (Å²) in [6.07, 6.45) is 2.73. The van der Waals surface area contributed by atoms with Crippen LogP contribution in [0.4, 0.5) is 0 Å². The molecule has 0 saturated carbocycles. The third kappa shape index (κ3) is 3.53. The first kappa shape index (κ1) is 20.6. The largest absolute Gasteiger partial charge is 0.450 e. The third-order valence-electron chi connectivity index (χ3n) is 6.04. The van der Waals surface area contributed by atoms with E-state index in [4.69, 9.17) is 4.42 Å². The fourth-order valence-electron chi connectivity index (χ4n) is 4.39. The zero-order valence-corrected chi connectivity index (χ0v) is 18.8. The molecule has 0 bridgehead atoms. The molecule has 5 rings (SSSR count). The van der Waals surface area contributed by atoms with Gasteiger partial charge in [-0.1, -0.05) is 54.1 Å². The van der Waals surface area contributed by atoms with Crippen molar-refractivity contribution >= 4 is 28.6 Å². The van der Waals surface area contributed by atoms with Gasteiger partial charge in [0.25, 0.3) is 5.91 Å². The van der Waals surface area contributed by atoms with Gasteiger partial charge >= 0.3 is 0 Å². The number of amides is 1. The van der Waals surface area contributed by atoms with E-state index in [0.717, 1.165) is 21.6 Å². The highest BCUT2D eigenvalue weighted by Crippen LogP contribution is 2.38. The molecule has 5 heteroatoms. The topological polar surface area (TPSA) is 50.5 Å². The van der Waals surface area contributed by atoms with E-state index >= 15 is 0 Å². The Bertz CT molecular complexity index is 1360. The summed E-state index contributed by atoms with van der Waals surface area (Å²) in [5.41, 5.74) is 3.82. The third-order valence-corrected chi connectivity index (χ3v) is 6.78. The van der Waals surface area contributed by atoms with Crippen LogP contribution in [0.3, 0.4) is 0 Å². The van der Waals surface area contributed by atoms with Gasteiger partial charge in [-0.05, 0) is 55.0 Å². The summed E-state index contributed by atoms with van der Waals surface area (Å²) in [6, 6.07) is 23.2. The normalized spacial score (nSPS) is 15.4. The summed E-state index contributed by atoms with van der Waals surface area (Å²) in [5.74, 6) is -0.0622. The maximum Gasteiger partial charge on any atom is 0.290 e. The number of aryl methyl sites for hydroxylation is 1. The lowest BCUT2D eigenvalue weighted by atomic mass is 9.98. The van der Waals surface area contributed by atoms with E-state index in [1.807, 2.05) is 67.8 Å². The Labute approximate surface area is 190 Å². The molecule has 1 aliphatic rings. The van der Waals surface area contributed by atoms with Crippen molar-refractivity contribution in [1.82, 2.24) is 4.90 Å². The second-order valence-electron chi connectivity index (χ2n) is 8.08. The molecule has 0 unspecified atom stereocenters. The maximum absolute atomic E-state index is 13.6. The monoisotopic (exact) mass is 441 g/mol. The van der Waals surface area contributed by atoms with Gasteiger partial charge in [-0.3, -0.25) is 9.59 Å². The highest BCUT2D eigenvalue weighted by atomic mass is 32.2. The minimum Gasteiger partial charge on any atom is -0.450 e. The molecule has 4 aromatic rings. The molecule has 3 aromatic carbocycles. The summed E-state index contributed by atoms with van der Waals surface area (Å²) in [5, 5.41) is 0.521. The van der Waals surface area contributed by atoms with Gasteiger partial charge in [0, 0.05) is 11.4 Å². The molecule has 160 valence electrons. The summed E-state index contributed by atoms with van der Waals surface area (Å²) in [4.78, 5) is 30.0. The number of nitrogens with zero attached hydrogens (tertiary/aromatic N) is 1. The van der Waals surface area contributed by atoms with Crippen LogP contribution in [-0.4, -0.2) is 23.6 Å². The van der Waals surface area contributed by atoms with Gasteiger partial charge in [-0.2, -0.15) is 0 Å². The molecule has 1 amide bonds. The molecule has 1 atom stereocenters. The standard InChI is InChI=1S/C27H23NO3S/c1-17-8-13-22-21(16-17)25(29)23-24(19-9-11-20(32-2)12-10-19)28(27(30)26(23)31-22)15-14-18-6-4-3-5-7-18/h3-13,16,24H,14-15H2,1-2H3/t24-/m1/s1. The fourth-order valence-corrected chi connectivity index (χ4v) is 4.80. The minimum atomic E-state index is -0.460. The molecule has 4 nitrogen and oxygen atoms in total. The number of rotatable bonds is 5. The predicted molar refractivity (Wildman–Crippen MR) is 128 cm³/mol. The second-order valence-corrected chi connectivity index (χ2v) is 8.96. The number of hydrogen-bond donors (Lipinski definition) is 0. The van der Waals surface area contributed by atoms with E-state index in [2.05, 4.69) is 12.1 Å². The molecule has 0 radical (unpaired) electrons. The molecule has 0 aliphatic carbocycles. The van der Waals surface area contributed by atoms with Crippen molar-refractivity contribution in [2.75, 3.05) is 12.8 Å². The minimum absolute atomic E-state index is 0.126. The maximum atomic E-state index is 13.6. The Hall–Kier alpha value is -3.31. The summed E-state index contributed by atoms with van der Waals surface area (Å²) >= 11 is 1.66. The summed E-state index contributed by atoms with van der Waals surface area (Å²) in [6.45, 7) is 2.44. The molecule has 32 heavy (non-hydrogen) atoms. The first-order valence-corrected chi connectivity index (χ1v) is 11.9. The smallest absolute Gasteiger partial charge is 0.290 e. The molecular formula is C27H23NO3S. The van der Waals surface area contributed by atoms with Crippen molar-refractivity contribution in [2.24, 2.45) is 0 Å². The number of benzene rings is 3. The Morgan fingerprint density at radius 1 is 0.969 bits per heavy atom. The van der Waals surface area contributed by atoms with Gasteiger partial charge in [-0.25, -0.2) is 0 Å². The molecule has 1 aromatic heterocycles. The molecule has 0 fully saturated rings. The molecule has 0 saturated heterocycles. The lowest BCUT2D eigenvalue weighted by Gasteiger charge is -2.25. The number of thioether (sulfide) groups is 1. The molecule has 1 aliphatic heterocycles. The first-order chi connectivity index (χ1) is 15.6. The van der Waals surface area contributed by atoms with Crippen LogP contribution in [0.1, 0.15) is 38.9 Å². The van der Waals surface area contributed by atoms with Crippen LogP contribution >= 0.6 is 11.8 Å². The van der Waals surface area contributed by atoms with E-state index in [9.17, 15) is 9.59 Å². The van der Waals surface area contributed by atoms with Gasteiger partial charge in [0.15, 0.2) is 5.43 Å². The van der Waals surface area contributed by atoms with E-state index in [1.54, 1.807) is 22.7 Å². The quantitative estimate of drug-likeness (QED) is 0.378. The first-order valence-electron chi connectivity index (χ1n) is 10.6. The number of carbonyl (C=O) groups excluding carboxylic acids is 1. The number of carbonyl (C=O) groups is 1. The van der Waals surface area contributed by atoms with Crippen LogP contribution < -0.4 is 5.43 Å². The van der Waals surface area contributed by atoms with Gasteiger partial charge in [0.05, 0.1) is 17.0 Å². The Morgan fingerprint density at radius 2 is 1.72 bits per heavy atom. The van der Waals surface area contributed by atoms with Crippen LogP contribution in [0, 0.1) is 6.92 Å². The van der Waals surface area contributed by atoms with Gasteiger partial charge in [0.1, 0.15) is 5.58 Å². The fraction of sp³-hybridized carbons (Fsp3) is 0.185. The molecule has 2 heterocycles. The highest BCUT2D eigenvalue weighted by molar-refractivity contribution is 7.98. The van der Waals surface area contributed by atoms with E-state index < -0.39 is 6.04 Å². The Kier molecular flexibility index (Phi) is 5.35. The van der Waals surface area contributed by atoms with E-state index in [0.29, 0.717) is 29.5 Å². The zero-order valence-electron chi connectivity index (χ0n) is 18.0. The lowest BCUT2D eigenvalue weighted by Crippen LogP contribution is -2.31. The van der Waals surface area contributed by atoms with Crippen molar-refractivity contribution in [3.05, 3.63) is 111 Å². The Balaban J connectivity index is 1.65. The molecule has 0 spiro atoms. The highest BCUT2D eigenvalue weighted by Gasteiger charge is 2.42. The van der Waals surface area contributed by atoms with Crippen molar-refractivity contribution in [3.63, 3.8) is 0 Å². The van der Waals surface area contributed by atoms with Crippen LogP contribution in [-0.2, 0) is 6.42 Å². The van der Waals surface area contributed by atoms with Crippen molar-refractivity contribution in [2.45, 2.75) is 24.3 Å². The van der Waals surface area contributed by atoms with Crippen molar-refractivity contribution in [3.8, 4) is 0 Å².